The van der Waals surface area contributed by atoms with Gasteiger partial charge in [0.15, 0.2) is 5.78 Å². The Morgan fingerprint density at radius 1 is 1.42 bits per heavy atom. The van der Waals surface area contributed by atoms with Gasteiger partial charge in [0, 0.05) is 6.42 Å². The number of nitrogens with one attached hydrogen (secondary N) is 1. The molecular weight excluding hydrogens is 269 g/mol. The van der Waals surface area contributed by atoms with Gasteiger partial charge in [-0.05, 0) is 37.6 Å². The van der Waals surface area contributed by atoms with Gasteiger partial charge in [0.1, 0.15) is 12.4 Å². The maximum absolute atomic E-state index is 13.6. The summed E-state index contributed by atoms with van der Waals surface area (Å²) in [7, 11) is 0. The fourth-order valence-corrected chi connectivity index (χ4v) is 2.32. The maximum Gasteiger partial charge on any atom is 0.162 e. The van der Waals surface area contributed by atoms with Gasteiger partial charge in [0.25, 0.3) is 0 Å². The molecule has 0 aliphatic carbocycles. The normalized spacial score (nSPS) is 16.5. The number of ketones is 1. The average Bonchev–Trinajstić information content (AvgIpc) is 2.43. The predicted molar refractivity (Wildman–Crippen MR) is 72.0 cm³/mol. The number of piperidine rings is 1. The summed E-state index contributed by atoms with van der Waals surface area (Å²) >= 11 is 5.67. The number of rotatable bonds is 5. The second-order valence-corrected chi connectivity index (χ2v) is 5.10. The van der Waals surface area contributed by atoms with Crippen molar-refractivity contribution in [1.82, 2.24) is 5.32 Å². The topological polar surface area (TPSA) is 38.3 Å². The zero-order valence-electron chi connectivity index (χ0n) is 10.6. The Bertz CT molecular complexity index is 447. The van der Waals surface area contributed by atoms with Crippen LogP contribution in [0.25, 0.3) is 0 Å². The van der Waals surface area contributed by atoms with Gasteiger partial charge >= 0.3 is 0 Å². The molecule has 5 heteroatoms. The second-order valence-electron chi connectivity index (χ2n) is 4.69. The summed E-state index contributed by atoms with van der Waals surface area (Å²) < 4.78 is 19.2. The van der Waals surface area contributed by atoms with Crippen molar-refractivity contribution in [3.8, 4) is 0 Å². The highest BCUT2D eigenvalue weighted by molar-refractivity contribution is 6.30. The lowest BCUT2D eigenvalue weighted by atomic mass is 10.1. The Hall–Kier alpha value is -0.970. The van der Waals surface area contributed by atoms with Crippen LogP contribution in [-0.2, 0) is 16.0 Å². The first kappa shape index (κ1) is 14.4. The van der Waals surface area contributed by atoms with E-state index in [2.05, 4.69) is 5.32 Å². The highest BCUT2D eigenvalue weighted by Crippen LogP contribution is 2.18. The quantitative estimate of drug-likeness (QED) is 0.903. The van der Waals surface area contributed by atoms with Gasteiger partial charge in [-0.2, -0.15) is 0 Å². The zero-order valence-corrected chi connectivity index (χ0v) is 11.4. The number of carbonyl (C=O) groups excluding carboxylic acids is 1. The summed E-state index contributed by atoms with van der Waals surface area (Å²) in [5.74, 6) is -0.640. The number of benzene rings is 1. The molecular formula is C14H17ClFNO2. The molecule has 104 valence electrons. The van der Waals surface area contributed by atoms with Crippen LogP contribution in [0.4, 0.5) is 4.39 Å². The Morgan fingerprint density at radius 2 is 2.16 bits per heavy atom. The van der Waals surface area contributed by atoms with Crippen molar-refractivity contribution in [3.05, 3.63) is 34.6 Å². The number of Topliss-reactive ketones (excluding diaryl/α,β-unsaturated/α-hetero) is 1. The van der Waals surface area contributed by atoms with Crippen molar-refractivity contribution in [2.75, 3.05) is 19.7 Å². The van der Waals surface area contributed by atoms with Crippen LogP contribution >= 0.6 is 11.6 Å². The lowest BCUT2D eigenvalue weighted by molar-refractivity contribution is -0.125. The molecule has 2 rings (SSSR count). The van der Waals surface area contributed by atoms with Crippen molar-refractivity contribution in [1.29, 1.82) is 0 Å². The molecule has 1 N–H and O–H groups in total. The lowest BCUT2D eigenvalue weighted by Gasteiger charge is -2.22. The van der Waals surface area contributed by atoms with Crippen LogP contribution in [0.5, 0.6) is 0 Å². The molecule has 0 atom stereocenters. The van der Waals surface area contributed by atoms with Crippen LogP contribution in [0.3, 0.4) is 0 Å². The number of halogens is 2. The van der Waals surface area contributed by atoms with Crippen LogP contribution < -0.4 is 5.32 Å². The van der Waals surface area contributed by atoms with Gasteiger partial charge in [0.2, 0.25) is 0 Å². The molecule has 0 bridgehead atoms. The first-order valence-corrected chi connectivity index (χ1v) is 6.81. The van der Waals surface area contributed by atoms with E-state index in [0.717, 1.165) is 25.9 Å². The van der Waals surface area contributed by atoms with E-state index in [4.69, 9.17) is 16.3 Å². The molecule has 0 radical (unpaired) electrons. The molecule has 0 unspecified atom stereocenters. The molecule has 0 spiro atoms. The van der Waals surface area contributed by atoms with E-state index in [0.29, 0.717) is 5.56 Å². The Balaban J connectivity index is 1.82. The Kier molecular flexibility index (Phi) is 5.31. The SMILES string of the molecule is O=C(COC1CCNCC1)Cc1cccc(Cl)c1F. The summed E-state index contributed by atoms with van der Waals surface area (Å²) in [6.45, 7) is 1.88. The van der Waals surface area contributed by atoms with Crippen LogP contribution in [0.1, 0.15) is 18.4 Å². The van der Waals surface area contributed by atoms with E-state index in [-0.39, 0.29) is 29.9 Å². The summed E-state index contributed by atoms with van der Waals surface area (Å²) in [6.07, 6.45) is 1.99. The van der Waals surface area contributed by atoms with Crippen LogP contribution in [0.15, 0.2) is 18.2 Å². The van der Waals surface area contributed by atoms with Gasteiger partial charge in [-0.15, -0.1) is 0 Å². The molecule has 0 saturated carbocycles. The van der Waals surface area contributed by atoms with E-state index < -0.39 is 5.82 Å². The van der Waals surface area contributed by atoms with Crippen molar-refractivity contribution in [2.24, 2.45) is 0 Å². The molecule has 1 saturated heterocycles. The molecule has 1 aromatic carbocycles. The van der Waals surface area contributed by atoms with Crippen LogP contribution in [0.2, 0.25) is 5.02 Å². The van der Waals surface area contributed by atoms with E-state index in [1.165, 1.54) is 6.07 Å². The molecule has 1 fully saturated rings. The van der Waals surface area contributed by atoms with Gasteiger partial charge in [-0.3, -0.25) is 4.79 Å². The fraction of sp³-hybridized carbons (Fsp3) is 0.500. The minimum atomic E-state index is -0.514. The lowest BCUT2D eigenvalue weighted by Crippen LogP contribution is -2.33. The van der Waals surface area contributed by atoms with Gasteiger partial charge in [-0.25, -0.2) is 4.39 Å². The number of hydrogen-bond donors (Lipinski definition) is 1. The van der Waals surface area contributed by atoms with Gasteiger partial charge < -0.3 is 10.1 Å². The first-order valence-electron chi connectivity index (χ1n) is 6.43. The third-order valence-corrected chi connectivity index (χ3v) is 3.48. The highest BCUT2D eigenvalue weighted by atomic mass is 35.5. The third kappa shape index (κ3) is 4.27. The third-order valence-electron chi connectivity index (χ3n) is 3.19. The summed E-state index contributed by atoms with van der Waals surface area (Å²) in [6, 6.07) is 4.68. The standard InChI is InChI=1S/C14H17ClFNO2/c15-13-3-1-2-10(14(13)16)8-11(18)9-19-12-4-6-17-7-5-12/h1-3,12,17H,4-9H2. The fourth-order valence-electron chi connectivity index (χ4n) is 2.12. The highest BCUT2D eigenvalue weighted by Gasteiger charge is 2.16. The van der Waals surface area contributed by atoms with Gasteiger partial charge in [0.05, 0.1) is 11.1 Å². The minimum Gasteiger partial charge on any atom is -0.370 e. The molecule has 1 aliphatic rings. The maximum atomic E-state index is 13.6. The predicted octanol–water partition coefficient (Wildman–Crippen LogP) is 2.36. The monoisotopic (exact) mass is 285 g/mol. The summed E-state index contributed by atoms with van der Waals surface area (Å²) in [4.78, 5) is 11.8. The van der Waals surface area contributed by atoms with Crippen LogP contribution in [-0.4, -0.2) is 31.6 Å². The molecule has 3 nitrogen and oxygen atoms in total. The average molecular weight is 286 g/mol. The smallest absolute Gasteiger partial charge is 0.162 e. The number of ether oxygens (including phenoxy) is 1. The number of hydrogen-bond acceptors (Lipinski definition) is 3. The molecule has 0 aromatic heterocycles. The second kappa shape index (κ2) is 6.98. The zero-order chi connectivity index (χ0) is 13.7. The van der Waals surface area contributed by atoms with E-state index in [9.17, 15) is 9.18 Å². The summed E-state index contributed by atoms with van der Waals surface area (Å²) in [5.41, 5.74) is 0.325. The first-order chi connectivity index (χ1) is 9.16. The minimum absolute atomic E-state index is 0.0252. The number of carbonyl (C=O) groups is 1. The van der Waals surface area contributed by atoms with E-state index >= 15 is 0 Å². The van der Waals surface area contributed by atoms with E-state index in [1.54, 1.807) is 12.1 Å². The molecule has 19 heavy (non-hydrogen) atoms. The van der Waals surface area contributed by atoms with Crippen molar-refractivity contribution in [3.63, 3.8) is 0 Å². The molecule has 1 heterocycles. The van der Waals surface area contributed by atoms with Crippen LogP contribution in [0, 0.1) is 5.82 Å². The Labute approximate surface area is 117 Å². The van der Waals surface area contributed by atoms with Crippen molar-refractivity contribution >= 4 is 17.4 Å². The Morgan fingerprint density at radius 3 is 2.89 bits per heavy atom. The molecule has 0 amide bonds. The van der Waals surface area contributed by atoms with Crippen molar-refractivity contribution < 1.29 is 13.9 Å². The molecule has 1 aliphatic heterocycles. The summed E-state index contributed by atoms with van der Waals surface area (Å²) in [5, 5.41) is 3.27. The van der Waals surface area contributed by atoms with Crippen molar-refractivity contribution in [2.45, 2.75) is 25.4 Å². The van der Waals surface area contributed by atoms with E-state index in [1.807, 2.05) is 0 Å². The largest absolute Gasteiger partial charge is 0.370 e. The molecule has 1 aromatic rings. The van der Waals surface area contributed by atoms with Gasteiger partial charge in [-0.1, -0.05) is 23.7 Å².